The lowest BCUT2D eigenvalue weighted by Gasteiger charge is -2.12. The van der Waals surface area contributed by atoms with Crippen LogP contribution in [0.2, 0.25) is 0 Å². The molecule has 0 atom stereocenters. The van der Waals surface area contributed by atoms with Gasteiger partial charge in [0.2, 0.25) is 11.5 Å². The molecule has 2 heterocycles. The Morgan fingerprint density at radius 1 is 0.971 bits per heavy atom. The Morgan fingerprint density at radius 2 is 1.77 bits per heavy atom. The van der Waals surface area contributed by atoms with Gasteiger partial charge in [-0.05, 0) is 42.3 Å². The van der Waals surface area contributed by atoms with Crippen LogP contribution in [0.3, 0.4) is 0 Å². The van der Waals surface area contributed by atoms with Gasteiger partial charge in [-0.1, -0.05) is 36.4 Å². The fourth-order valence-corrected chi connectivity index (χ4v) is 3.98. The Labute approximate surface area is 200 Å². The van der Waals surface area contributed by atoms with Crippen LogP contribution in [0, 0.1) is 6.92 Å². The van der Waals surface area contributed by atoms with Crippen molar-refractivity contribution in [2.75, 3.05) is 19.5 Å². The van der Waals surface area contributed by atoms with E-state index < -0.39 is 5.91 Å². The van der Waals surface area contributed by atoms with E-state index in [2.05, 4.69) is 15.4 Å². The predicted octanol–water partition coefficient (Wildman–Crippen LogP) is 3.67. The number of methoxy groups -OCH3 is 2. The number of anilines is 1. The van der Waals surface area contributed by atoms with Crippen LogP contribution >= 0.6 is 0 Å². The molecule has 2 aromatic heterocycles. The molecule has 0 saturated heterocycles. The lowest BCUT2D eigenvalue weighted by atomic mass is 10.2. The second-order valence-electron chi connectivity index (χ2n) is 8.06. The zero-order chi connectivity index (χ0) is 24.5. The summed E-state index contributed by atoms with van der Waals surface area (Å²) in [5.74, 6) is 0.324. The van der Waals surface area contributed by atoms with Gasteiger partial charge in [0.15, 0.2) is 0 Å². The fraction of sp³-hybridized carbons (Fsp3) is 0.154. The summed E-state index contributed by atoms with van der Waals surface area (Å²) >= 11 is 0. The number of hydrogen-bond donors (Lipinski definition) is 1. The molecule has 0 bridgehead atoms. The molecule has 176 valence electrons. The maximum absolute atomic E-state index is 13.5. The van der Waals surface area contributed by atoms with Gasteiger partial charge in [-0.2, -0.15) is 4.98 Å². The summed E-state index contributed by atoms with van der Waals surface area (Å²) in [6.07, 6.45) is 0. The maximum Gasteiger partial charge on any atom is 0.296 e. The lowest BCUT2D eigenvalue weighted by Crippen LogP contribution is -2.24. The first kappa shape index (κ1) is 22.1. The van der Waals surface area contributed by atoms with E-state index in [1.165, 1.54) is 11.6 Å². The van der Waals surface area contributed by atoms with Gasteiger partial charge in [-0.3, -0.25) is 14.2 Å². The van der Waals surface area contributed by atoms with Gasteiger partial charge in [0.25, 0.3) is 11.5 Å². The molecule has 0 aliphatic carbocycles. The van der Waals surface area contributed by atoms with Crippen LogP contribution in [-0.2, 0) is 6.54 Å². The second kappa shape index (κ2) is 8.94. The Morgan fingerprint density at radius 3 is 2.51 bits per heavy atom. The van der Waals surface area contributed by atoms with Gasteiger partial charge in [-0.25, -0.2) is 4.52 Å². The standard InChI is InChI=1S/C26H23N5O4/c1-16-9-12-20-21(13-16)30(15-17-7-5-4-6-8-17)26(33)24-28-23(29-31(20)24)25(32)27-19-11-10-18(34-2)14-22(19)35-3/h4-14H,15H2,1-3H3,(H,27,32). The van der Waals surface area contributed by atoms with Crippen molar-refractivity contribution in [3.8, 4) is 11.5 Å². The quantitative estimate of drug-likeness (QED) is 0.407. The number of carbonyl (C=O) groups is 1. The Kier molecular flexibility index (Phi) is 5.66. The number of benzene rings is 3. The third kappa shape index (κ3) is 4.08. The number of aromatic nitrogens is 4. The van der Waals surface area contributed by atoms with Gasteiger partial charge >= 0.3 is 0 Å². The first-order valence-corrected chi connectivity index (χ1v) is 11.0. The van der Waals surface area contributed by atoms with Crippen LogP contribution in [0.25, 0.3) is 16.7 Å². The fourth-order valence-electron chi connectivity index (χ4n) is 3.98. The van der Waals surface area contributed by atoms with Crippen molar-refractivity contribution < 1.29 is 14.3 Å². The highest BCUT2D eigenvalue weighted by atomic mass is 16.5. The van der Waals surface area contributed by atoms with E-state index >= 15 is 0 Å². The molecule has 5 aromatic rings. The zero-order valence-corrected chi connectivity index (χ0v) is 19.5. The van der Waals surface area contributed by atoms with Gasteiger partial charge in [0.05, 0.1) is 37.5 Å². The summed E-state index contributed by atoms with van der Waals surface area (Å²) in [6.45, 7) is 2.33. The molecule has 0 unspecified atom stereocenters. The van der Waals surface area contributed by atoms with Crippen molar-refractivity contribution in [2.45, 2.75) is 13.5 Å². The molecule has 9 nitrogen and oxygen atoms in total. The average Bonchev–Trinajstić information content (AvgIpc) is 3.33. The topological polar surface area (TPSA) is 99.8 Å². The number of ether oxygens (including phenoxy) is 2. The second-order valence-corrected chi connectivity index (χ2v) is 8.06. The maximum atomic E-state index is 13.5. The molecule has 0 aliphatic rings. The molecule has 0 saturated carbocycles. The highest BCUT2D eigenvalue weighted by Gasteiger charge is 2.20. The van der Waals surface area contributed by atoms with Gasteiger partial charge in [-0.15, -0.1) is 5.10 Å². The van der Waals surface area contributed by atoms with Crippen LogP contribution in [0.4, 0.5) is 5.69 Å². The molecule has 0 fully saturated rings. The number of rotatable bonds is 6. The predicted molar refractivity (Wildman–Crippen MR) is 133 cm³/mol. The van der Waals surface area contributed by atoms with Gasteiger partial charge in [0, 0.05) is 6.07 Å². The summed E-state index contributed by atoms with van der Waals surface area (Å²) in [5.41, 5.74) is 3.53. The van der Waals surface area contributed by atoms with Crippen molar-refractivity contribution in [3.05, 3.63) is 94.0 Å². The Hall–Kier alpha value is -4.66. The van der Waals surface area contributed by atoms with Crippen molar-refractivity contribution in [3.63, 3.8) is 0 Å². The largest absolute Gasteiger partial charge is 0.497 e. The van der Waals surface area contributed by atoms with E-state index in [1.807, 2.05) is 55.5 Å². The summed E-state index contributed by atoms with van der Waals surface area (Å²) < 4.78 is 13.6. The van der Waals surface area contributed by atoms with Gasteiger partial charge < -0.3 is 14.8 Å². The van der Waals surface area contributed by atoms with Crippen molar-refractivity contribution in [1.82, 2.24) is 19.2 Å². The van der Waals surface area contributed by atoms with Crippen LogP contribution in [0.15, 0.2) is 71.5 Å². The first-order chi connectivity index (χ1) is 17.0. The smallest absolute Gasteiger partial charge is 0.296 e. The normalized spacial score (nSPS) is 11.1. The van der Waals surface area contributed by atoms with E-state index in [9.17, 15) is 9.59 Å². The van der Waals surface area contributed by atoms with Crippen molar-refractivity contribution >= 4 is 28.3 Å². The van der Waals surface area contributed by atoms with E-state index in [0.29, 0.717) is 34.8 Å². The van der Waals surface area contributed by atoms with Crippen molar-refractivity contribution in [1.29, 1.82) is 0 Å². The molecule has 35 heavy (non-hydrogen) atoms. The third-order valence-electron chi connectivity index (χ3n) is 5.74. The average molecular weight is 470 g/mol. The molecule has 0 radical (unpaired) electrons. The van der Waals surface area contributed by atoms with E-state index in [-0.39, 0.29) is 17.0 Å². The molecule has 9 heteroatoms. The summed E-state index contributed by atoms with van der Waals surface area (Å²) in [7, 11) is 3.04. The third-order valence-corrected chi connectivity index (χ3v) is 5.74. The number of nitrogens with one attached hydrogen (secondary N) is 1. The summed E-state index contributed by atoms with van der Waals surface area (Å²) in [4.78, 5) is 30.8. The Bertz CT molecular complexity index is 1620. The number of aryl methyl sites for hydroxylation is 1. The molecule has 0 spiro atoms. The van der Waals surface area contributed by atoms with Crippen LogP contribution in [0.5, 0.6) is 11.5 Å². The van der Waals surface area contributed by atoms with Crippen LogP contribution < -0.4 is 20.3 Å². The summed E-state index contributed by atoms with van der Waals surface area (Å²) in [5, 5.41) is 7.13. The SMILES string of the molecule is COc1ccc(NC(=O)c2nc3c(=O)n(Cc4ccccc4)c4cc(C)ccc4n3n2)c(OC)c1. The first-order valence-electron chi connectivity index (χ1n) is 11.0. The molecule has 1 amide bonds. The zero-order valence-electron chi connectivity index (χ0n) is 19.5. The van der Waals surface area contributed by atoms with E-state index in [1.54, 1.807) is 29.9 Å². The molecule has 1 N–H and O–H groups in total. The minimum Gasteiger partial charge on any atom is -0.497 e. The van der Waals surface area contributed by atoms with Gasteiger partial charge in [0.1, 0.15) is 11.5 Å². The number of hydrogen-bond acceptors (Lipinski definition) is 6. The van der Waals surface area contributed by atoms with Crippen LogP contribution in [-0.4, -0.2) is 39.3 Å². The highest BCUT2D eigenvalue weighted by molar-refractivity contribution is 6.03. The van der Waals surface area contributed by atoms with Crippen molar-refractivity contribution in [2.24, 2.45) is 0 Å². The minimum atomic E-state index is -0.563. The molecule has 5 rings (SSSR count). The Balaban J connectivity index is 1.61. The molecule has 0 aliphatic heterocycles. The number of carbonyl (C=O) groups excluding carboxylic acids is 1. The van der Waals surface area contributed by atoms with E-state index in [0.717, 1.165) is 11.1 Å². The number of nitrogens with zero attached hydrogens (tertiary/aromatic N) is 4. The van der Waals surface area contributed by atoms with Crippen LogP contribution in [0.1, 0.15) is 21.7 Å². The van der Waals surface area contributed by atoms with E-state index in [4.69, 9.17) is 9.47 Å². The highest BCUT2D eigenvalue weighted by Crippen LogP contribution is 2.29. The molecule has 3 aromatic carbocycles. The molecular weight excluding hydrogens is 446 g/mol. The number of amides is 1. The number of fused-ring (bicyclic) bond motifs is 3. The lowest BCUT2D eigenvalue weighted by molar-refractivity contribution is 0.101. The summed E-state index contributed by atoms with van der Waals surface area (Å²) in [6, 6.07) is 20.5. The minimum absolute atomic E-state index is 0.0733. The monoisotopic (exact) mass is 469 g/mol. The molecular formula is C26H23N5O4.